The highest BCUT2D eigenvalue weighted by Crippen LogP contribution is 2.20. The Hall–Kier alpha value is -1.75. The third-order valence-electron chi connectivity index (χ3n) is 2.41. The fraction of sp³-hybridized carbons (Fsp3) is 0.167. The van der Waals surface area contributed by atoms with Gasteiger partial charge in [0.2, 0.25) is 0 Å². The quantitative estimate of drug-likeness (QED) is 0.707. The standard InChI is InChI=1S/C12H10N2O2S/c1-2-10(15-5-1)8-17-7-9-3-4-11-12(6-9)14-16-13-11/h1-6H,7-8H2. The van der Waals surface area contributed by atoms with Crippen LogP contribution in [0.4, 0.5) is 0 Å². The van der Waals surface area contributed by atoms with Gasteiger partial charge in [0, 0.05) is 5.75 Å². The van der Waals surface area contributed by atoms with Gasteiger partial charge in [0.05, 0.1) is 12.0 Å². The first-order chi connectivity index (χ1) is 8.42. The summed E-state index contributed by atoms with van der Waals surface area (Å²) in [6, 6.07) is 9.86. The first kappa shape index (κ1) is 10.4. The summed E-state index contributed by atoms with van der Waals surface area (Å²) in [4.78, 5) is 0. The van der Waals surface area contributed by atoms with Gasteiger partial charge in [-0.15, -0.1) is 11.8 Å². The van der Waals surface area contributed by atoms with Crippen molar-refractivity contribution in [2.45, 2.75) is 11.5 Å². The minimum atomic E-state index is 0.796. The first-order valence-corrected chi connectivity index (χ1v) is 6.38. The van der Waals surface area contributed by atoms with Crippen LogP contribution in [0.2, 0.25) is 0 Å². The molecule has 5 heteroatoms. The Kier molecular flexibility index (Phi) is 2.83. The van der Waals surface area contributed by atoms with Crippen LogP contribution in [0.3, 0.4) is 0 Å². The minimum Gasteiger partial charge on any atom is -0.468 e. The number of benzene rings is 1. The molecule has 17 heavy (non-hydrogen) atoms. The predicted molar refractivity (Wildman–Crippen MR) is 65.5 cm³/mol. The van der Waals surface area contributed by atoms with Gasteiger partial charge in [-0.1, -0.05) is 6.07 Å². The fourth-order valence-electron chi connectivity index (χ4n) is 1.58. The predicted octanol–water partition coefficient (Wildman–Crippen LogP) is 3.25. The summed E-state index contributed by atoms with van der Waals surface area (Å²) in [6.07, 6.45) is 1.70. The molecule has 0 bridgehead atoms. The Morgan fingerprint density at radius 3 is 2.88 bits per heavy atom. The number of aromatic nitrogens is 2. The monoisotopic (exact) mass is 246 g/mol. The fourth-order valence-corrected chi connectivity index (χ4v) is 2.46. The number of thioether (sulfide) groups is 1. The van der Waals surface area contributed by atoms with E-state index in [4.69, 9.17) is 4.42 Å². The molecule has 0 aliphatic rings. The lowest BCUT2D eigenvalue weighted by molar-refractivity contribution is 0.315. The van der Waals surface area contributed by atoms with Gasteiger partial charge in [-0.3, -0.25) is 0 Å². The van der Waals surface area contributed by atoms with Crippen molar-refractivity contribution in [1.82, 2.24) is 10.3 Å². The first-order valence-electron chi connectivity index (χ1n) is 5.23. The molecule has 0 aliphatic carbocycles. The summed E-state index contributed by atoms with van der Waals surface area (Å²) in [5, 5.41) is 7.60. The summed E-state index contributed by atoms with van der Waals surface area (Å²) >= 11 is 1.80. The molecule has 2 heterocycles. The van der Waals surface area contributed by atoms with Crippen LogP contribution >= 0.6 is 11.8 Å². The molecule has 0 saturated heterocycles. The molecule has 0 radical (unpaired) electrons. The molecule has 0 atom stereocenters. The molecule has 1 aromatic carbocycles. The van der Waals surface area contributed by atoms with Gasteiger partial charge in [-0.2, -0.15) is 0 Å². The zero-order valence-electron chi connectivity index (χ0n) is 9.00. The molecule has 3 rings (SSSR count). The van der Waals surface area contributed by atoms with Crippen molar-refractivity contribution in [3.8, 4) is 0 Å². The van der Waals surface area contributed by atoms with Crippen molar-refractivity contribution in [2.24, 2.45) is 0 Å². The third kappa shape index (κ3) is 2.34. The van der Waals surface area contributed by atoms with E-state index in [1.165, 1.54) is 5.56 Å². The number of nitrogens with zero attached hydrogens (tertiary/aromatic N) is 2. The van der Waals surface area contributed by atoms with E-state index in [9.17, 15) is 0 Å². The summed E-state index contributed by atoms with van der Waals surface area (Å²) in [7, 11) is 0. The molecule has 2 aromatic heterocycles. The zero-order valence-corrected chi connectivity index (χ0v) is 9.81. The molecule has 4 nitrogen and oxygen atoms in total. The lowest BCUT2D eigenvalue weighted by atomic mass is 10.2. The summed E-state index contributed by atoms with van der Waals surface area (Å²) in [5.41, 5.74) is 2.82. The lowest BCUT2D eigenvalue weighted by Gasteiger charge is -1.99. The van der Waals surface area contributed by atoms with E-state index in [0.29, 0.717) is 0 Å². The number of hydrogen-bond donors (Lipinski definition) is 0. The van der Waals surface area contributed by atoms with E-state index in [1.807, 2.05) is 30.3 Å². The van der Waals surface area contributed by atoms with E-state index in [2.05, 4.69) is 14.9 Å². The zero-order chi connectivity index (χ0) is 11.5. The Labute approximate surface area is 102 Å². The van der Waals surface area contributed by atoms with Gasteiger partial charge >= 0.3 is 0 Å². The Morgan fingerprint density at radius 2 is 2.00 bits per heavy atom. The molecule has 0 fully saturated rings. The van der Waals surface area contributed by atoms with Crippen LogP contribution in [0, 0.1) is 0 Å². The van der Waals surface area contributed by atoms with Crippen LogP contribution < -0.4 is 0 Å². The SMILES string of the molecule is c1coc(CSCc2ccc3nonc3c2)c1. The maximum Gasteiger partial charge on any atom is 0.135 e. The van der Waals surface area contributed by atoms with Gasteiger partial charge in [-0.25, -0.2) is 4.63 Å². The van der Waals surface area contributed by atoms with E-state index >= 15 is 0 Å². The number of furan rings is 1. The van der Waals surface area contributed by atoms with Crippen LogP contribution in [0.15, 0.2) is 45.6 Å². The number of fused-ring (bicyclic) bond motifs is 1. The smallest absolute Gasteiger partial charge is 0.135 e. The highest BCUT2D eigenvalue weighted by Gasteiger charge is 2.02. The molecular weight excluding hydrogens is 236 g/mol. The second-order valence-corrected chi connectivity index (χ2v) is 4.65. The molecule has 0 spiro atoms. The molecule has 0 aliphatic heterocycles. The largest absolute Gasteiger partial charge is 0.468 e. The van der Waals surface area contributed by atoms with Crippen molar-refractivity contribution < 1.29 is 9.05 Å². The Morgan fingerprint density at radius 1 is 1.06 bits per heavy atom. The second-order valence-electron chi connectivity index (χ2n) is 3.66. The van der Waals surface area contributed by atoms with Crippen molar-refractivity contribution in [2.75, 3.05) is 0 Å². The van der Waals surface area contributed by atoms with Crippen LogP contribution in [-0.2, 0) is 11.5 Å². The Bertz CT molecular complexity index is 604. The Balaban J connectivity index is 1.64. The van der Waals surface area contributed by atoms with Gasteiger partial charge in [-0.05, 0) is 40.1 Å². The van der Waals surface area contributed by atoms with Gasteiger partial charge in [0.1, 0.15) is 16.8 Å². The summed E-state index contributed by atoms with van der Waals surface area (Å²) in [5.74, 6) is 2.80. The van der Waals surface area contributed by atoms with E-state index in [1.54, 1.807) is 18.0 Å². The highest BCUT2D eigenvalue weighted by molar-refractivity contribution is 7.97. The molecule has 0 N–H and O–H groups in total. The van der Waals surface area contributed by atoms with Crippen molar-refractivity contribution >= 4 is 22.8 Å². The van der Waals surface area contributed by atoms with E-state index in [0.717, 1.165) is 28.3 Å². The molecule has 0 saturated carbocycles. The molecule has 3 aromatic rings. The molecular formula is C12H10N2O2S. The topological polar surface area (TPSA) is 52.1 Å². The number of hydrogen-bond acceptors (Lipinski definition) is 5. The highest BCUT2D eigenvalue weighted by atomic mass is 32.2. The minimum absolute atomic E-state index is 0.796. The van der Waals surface area contributed by atoms with E-state index in [-0.39, 0.29) is 0 Å². The normalized spacial score (nSPS) is 11.1. The second kappa shape index (κ2) is 4.63. The molecule has 86 valence electrons. The maximum atomic E-state index is 5.27. The average Bonchev–Trinajstić information content (AvgIpc) is 2.98. The van der Waals surface area contributed by atoms with Gasteiger partial charge in [0.15, 0.2) is 0 Å². The van der Waals surface area contributed by atoms with Gasteiger partial charge < -0.3 is 4.42 Å². The number of rotatable bonds is 4. The van der Waals surface area contributed by atoms with E-state index < -0.39 is 0 Å². The van der Waals surface area contributed by atoms with Crippen molar-refractivity contribution in [3.63, 3.8) is 0 Å². The maximum absolute atomic E-state index is 5.27. The van der Waals surface area contributed by atoms with Crippen LogP contribution in [0.5, 0.6) is 0 Å². The average molecular weight is 246 g/mol. The lowest BCUT2D eigenvalue weighted by Crippen LogP contribution is -1.82. The van der Waals surface area contributed by atoms with Crippen molar-refractivity contribution in [3.05, 3.63) is 47.9 Å². The van der Waals surface area contributed by atoms with Crippen LogP contribution in [0.1, 0.15) is 11.3 Å². The van der Waals surface area contributed by atoms with Crippen LogP contribution in [0.25, 0.3) is 11.0 Å². The molecule has 0 unspecified atom stereocenters. The van der Waals surface area contributed by atoms with Crippen molar-refractivity contribution in [1.29, 1.82) is 0 Å². The van der Waals surface area contributed by atoms with Gasteiger partial charge in [0.25, 0.3) is 0 Å². The third-order valence-corrected chi connectivity index (χ3v) is 3.44. The summed E-state index contributed by atoms with van der Waals surface area (Å²) in [6.45, 7) is 0. The van der Waals surface area contributed by atoms with Crippen LogP contribution in [-0.4, -0.2) is 10.3 Å². The molecule has 0 amide bonds. The summed E-state index contributed by atoms with van der Waals surface area (Å²) < 4.78 is 9.93.